The standard InChI is InChI=1S/C13H20N2O2/c1-8(2)15-7-10-12-9(5-6-14-10)3-4-11(16)13(12)17/h3-4,8,10,14-17H,5-7H2,1-2H3. The first-order valence-corrected chi connectivity index (χ1v) is 6.10. The van der Waals surface area contributed by atoms with Crippen molar-refractivity contribution in [3.8, 4) is 11.5 Å². The third kappa shape index (κ3) is 2.53. The van der Waals surface area contributed by atoms with E-state index in [1.165, 1.54) is 0 Å². The van der Waals surface area contributed by atoms with Gasteiger partial charge in [-0.15, -0.1) is 0 Å². The summed E-state index contributed by atoms with van der Waals surface area (Å²) in [6.45, 7) is 5.83. The zero-order chi connectivity index (χ0) is 12.4. The van der Waals surface area contributed by atoms with Crippen LogP contribution in [0.2, 0.25) is 0 Å². The third-order valence-corrected chi connectivity index (χ3v) is 3.15. The Labute approximate surface area is 102 Å². The van der Waals surface area contributed by atoms with E-state index in [2.05, 4.69) is 24.5 Å². The van der Waals surface area contributed by atoms with Gasteiger partial charge in [0.25, 0.3) is 0 Å². The number of phenolic OH excluding ortho intramolecular Hbond substituents is 2. The molecule has 1 unspecified atom stereocenters. The Morgan fingerprint density at radius 2 is 2.18 bits per heavy atom. The van der Waals surface area contributed by atoms with Crippen LogP contribution >= 0.6 is 0 Å². The van der Waals surface area contributed by atoms with Crippen molar-refractivity contribution in [2.45, 2.75) is 32.4 Å². The lowest BCUT2D eigenvalue weighted by Gasteiger charge is -2.28. The third-order valence-electron chi connectivity index (χ3n) is 3.15. The van der Waals surface area contributed by atoms with Gasteiger partial charge in [-0.25, -0.2) is 0 Å². The van der Waals surface area contributed by atoms with E-state index < -0.39 is 0 Å². The molecule has 0 saturated heterocycles. The van der Waals surface area contributed by atoms with Gasteiger partial charge in [0.05, 0.1) is 0 Å². The van der Waals surface area contributed by atoms with E-state index in [4.69, 9.17) is 0 Å². The molecule has 4 heteroatoms. The highest BCUT2D eigenvalue weighted by atomic mass is 16.3. The van der Waals surface area contributed by atoms with E-state index in [1.807, 2.05) is 6.07 Å². The number of nitrogens with one attached hydrogen (secondary N) is 2. The number of aromatic hydroxyl groups is 2. The van der Waals surface area contributed by atoms with Crippen molar-refractivity contribution < 1.29 is 10.2 Å². The molecule has 0 aliphatic carbocycles. The van der Waals surface area contributed by atoms with Gasteiger partial charge in [0, 0.05) is 24.2 Å². The van der Waals surface area contributed by atoms with Crippen molar-refractivity contribution in [3.05, 3.63) is 23.3 Å². The molecule has 1 aromatic rings. The molecule has 94 valence electrons. The first-order valence-electron chi connectivity index (χ1n) is 6.10. The van der Waals surface area contributed by atoms with Gasteiger partial charge < -0.3 is 20.8 Å². The Kier molecular flexibility index (Phi) is 3.54. The minimum atomic E-state index is -0.0398. The SMILES string of the molecule is CC(C)NCC1NCCc2ccc(O)c(O)c21. The summed E-state index contributed by atoms with van der Waals surface area (Å²) in [7, 11) is 0. The van der Waals surface area contributed by atoms with E-state index in [1.54, 1.807) is 6.07 Å². The predicted octanol–water partition coefficient (Wildman–Crippen LogP) is 1.28. The van der Waals surface area contributed by atoms with Crippen LogP contribution in [0.25, 0.3) is 0 Å². The topological polar surface area (TPSA) is 64.5 Å². The number of rotatable bonds is 3. The largest absolute Gasteiger partial charge is 0.504 e. The van der Waals surface area contributed by atoms with Gasteiger partial charge in [0.15, 0.2) is 11.5 Å². The lowest BCUT2D eigenvalue weighted by molar-refractivity contribution is 0.377. The van der Waals surface area contributed by atoms with Crippen molar-refractivity contribution in [2.75, 3.05) is 13.1 Å². The molecule has 1 heterocycles. The maximum absolute atomic E-state index is 9.96. The van der Waals surface area contributed by atoms with Gasteiger partial charge >= 0.3 is 0 Å². The zero-order valence-corrected chi connectivity index (χ0v) is 10.3. The van der Waals surface area contributed by atoms with E-state index >= 15 is 0 Å². The molecule has 4 N–H and O–H groups in total. The predicted molar refractivity (Wildman–Crippen MR) is 67.4 cm³/mol. The Bertz CT molecular complexity index is 405. The molecule has 1 aliphatic heterocycles. The Morgan fingerprint density at radius 1 is 1.41 bits per heavy atom. The van der Waals surface area contributed by atoms with Crippen molar-refractivity contribution in [1.82, 2.24) is 10.6 Å². The zero-order valence-electron chi connectivity index (χ0n) is 10.3. The fourth-order valence-electron chi connectivity index (χ4n) is 2.26. The Balaban J connectivity index is 2.26. The molecule has 0 fully saturated rings. The maximum Gasteiger partial charge on any atom is 0.162 e. The fourth-order valence-corrected chi connectivity index (χ4v) is 2.26. The molecule has 1 aliphatic rings. The van der Waals surface area contributed by atoms with Gasteiger partial charge in [-0.05, 0) is 24.6 Å². The van der Waals surface area contributed by atoms with Crippen LogP contribution in [0.4, 0.5) is 0 Å². The van der Waals surface area contributed by atoms with Gasteiger partial charge in [-0.3, -0.25) is 0 Å². The van der Waals surface area contributed by atoms with Crippen molar-refractivity contribution in [1.29, 1.82) is 0 Å². The van der Waals surface area contributed by atoms with Gasteiger partial charge in [0.2, 0.25) is 0 Å². The summed E-state index contributed by atoms with van der Waals surface area (Å²) >= 11 is 0. The van der Waals surface area contributed by atoms with Gasteiger partial charge in [0.1, 0.15) is 0 Å². The minimum absolute atomic E-state index is 0.0188. The molecule has 4 nitrogen and oxygen atoms in total. The molecule has 0 bridgehead atoms. The summed E-state index contributed by atoms with van der Waals surface area (Å²) in [5.74, 6) is -0.0211. The van der Waals surface area contributed by atoms with Crippen LogP contribution in [-0.4, -0.2) is 29.3 Å². The van der Waals surface area contributed by atoms with Crippen molar-refractivity contribution >= 4 is 0 Å². The molecular formula is C13H20N2O2. The summed E-state index contributed by atoms with van der Waals surface area (Å²) < 4.78 is 0. The maximum atomic E-state index is 9.96. The summed E-state index contributed by atoms with van der Waals surface area (Å²) in [4.78, 5) is 0. The van der Waals surface area contributed by atoms with Crippen LogP contribution in [-0.2, 0) is 6.42 Å². The lowest BCUT2D eigenvalue weighted by Crippen LogP contribution is -2.38. The van der Waals surface area contributed by atoms with Crippen LogP contribution in [0.15, 0.2) is 12.1 Å². The highest BCUT2D eigenvalue weighted by molar-refractivity contribution is 5.51. The second kappa shape index (κ2) is 4.94. The lowest BCUT2D eigenvalue weighted by atomic mass is 9.93. The van der Waals surface area contributed by atoms with Gasteiger partial charge in [-0.2, -0.15) is 0 Å². The molecule has 0 amide bonds. The average molecular weight is 236 g/mol. The Hall–Kier alpha value is -1.26. The van der Waals surface area contributed by atoms with E-state index in [-0.39, 0.29) is 17.5 Å². The molecule has 1 atom stereocenters. The smallest absolute Gasteiger partial charge is 0.162 e. The van der Waals surface area contributed by atoms with Crippen LogP contribution < -0.4 is 10.6 Å². The highest BCUT2D eigenvalue weighted by Gasteiger charge is 2.24. The number of hydrogen-bond acceptors (Lipinski definition) is 4. The molecule has 0 radical (unpaired) electrons. The van der Waals surface area contributed by atoms with E-state index in [9.17, 15) is 10.2 Å². The minimum Gasteiger partial charge on any atom is -0.504 e. The van der Waals surface area contributed by atoms with Crippen LogP contribution in [0.1, 0.15) is 31.0 Å². The molecular weight excluding hydrogens is 216 g/mol. The first kappa shape index (κ1) is 12.2. The quantitative estimate of drug-likeness (QED) is 0.597. The van der Waals surface area contributed by atoms with Crippen LogP contribution in [0.3, 0.4) is 0 Å². The molecule has 2 rings (SSSR count). The normalized spacial score (nSPS) is 19.4. The summed E-state index contributed by atoms with van der Waals surface area (Å²) in [5, 5.41) is 26.2. The molecule has 1 aromatic carbocycles. The van der Waals surface area contributed by atoms with Crippen molar-refractivity contribution in [3.63, 3.8) is 0 Å². The van der Waals surface area contributed by atoms with Crippen LogP contribution in [0, 0.1) is 0 Å². The summed E-state index contributed by atoms with van der Waals surface area (Å²) in [5.41, 5.74) is 1.96. The van der Waals surface area contributed by atoms with Gasteiger partial charge in [-0.1, -0.05) is 19.9 Å². The van der Waals surface area contributed by atoms with E-state index in [0.29, 0.717) is 6.04 Å². The van der Waals surface area contributed by atoms with E-state index in [0.717, 1.165) is 30.6 Å². The number of fused-ring (bicyclic) bond motifs is 1. The first-order chi connectivity index (χ1) is 8.09. The summed E-state index contributed by atoms with van der Waals surface area (Å²) in [6.07, 6.45) is 0.890. The number of benzene rings is 1. The molecule has 0 aromatic heterocycles. The molecule has 17 heavy (non-hydrogen) atoms. The second-order valence-corrected chi connectivity index (χ2v) is 4.83. The number of hydrogen-bond donors (Lipinski definition) is 4. The fraction of sp³-hybridized carbons (Fsp3) is 0.538. The number of phenols is 2. The monoisotopic (exact) mass is 236 g/mol. The molecule has 0 spiro atoms. The average Bonchev–Trinajstić information content (AvgIpc) is 2.31. The van der Waals surface area contributed by atoms with Crippen LogP contribution in [0.5, 0.6) is 11.5 Å². The summed E-state index contributed by atoms with van der Waals surface area (Å²) in [6, 6.07) is 3.93. The second-order valence-electron chi connectivity index (χ2n) is 4.83. The highest BCUT2D eigenvalue weighted by Crippen LogP contribution is 2.37. The molecule has 0 saturated carbocycles. The van der Waals surface area contributed by atoms with Crippen molar-refractivity contribution in [2.24, 2.45) is 0 Å². The Morgan fingerprint density at radius 3 is 2.88 bits per heavy atom.